The zero-order valence-electron chi connectivity index (χ0n) is 12.9. The highest BCUT2D eigenvalue weighted by atomic mass is 16.5. The molecule has 3 aromatic rings. The van der Waals surface area contributed by atoms with Gasteiger partial charge in [-0.25, -0.2) is 0 Å². The molecule has 0 saturated carbocycles. The maximum absolute atomic E-state index is 12.0. The van der Waals surface area contributed by atoms with Gasteiger partial charge in [0.15, 0.2) is 0 Å². The molecule has 0 fully saturated rings. The highest BCUT2D eigenvalue weighted by Crippen LogP contribution is 2.15. The molecule has 1 aromatic carbocycles. The predicted molar refractivity (Wildman–Crippen MR) is 81.3 cm³/mol. The minimum atomic E-state index is -0.0679. The Labute approximate surface area is 132 Å². The van der Waals surface area contributed by atoms with Crippen LogP contribution in [0.15, 0.2) is 39.7 Å². The Balaban J connectivity index is 1.57. The third kappa shape index (κ3) is 3.45. The zero-order chi connectivity index (χ0) is 16.2. The number of carbonyl (C=O) groups is 1. The Morgan fingerprint density at radius 2 is 1.96 bits per heavy atom. The summed E-state index contributed by atoms with van der Waals surface area (Å²) in [6.07, 6.45) is 1.56. The SMILES string of the molecule is Cc1noc(C)c1CC(=O)NCc1ccc(-c2ncon2)cc1. The number of aryl methyl sites for hydroxylation is 2. The van der Waals surface area contributed by atoms with Crippen molar-refractivity contribution in [3.05, 3.63) is 53.2 Å². The van der Waals surface area contributed by atoms with Gasteiger partial charge in [-0.05, 0) is 19.4 Å². The van der Waals surface area contributed by atoms with Crippen LogP contribution in [0.25, 0.3) is 11.4 Å². The summed E-state index contributed by atoms with van der Waals surface area (Å²) in [5.41, 5.74) is 3.45. The lowest BCUT2D eigenvalue weighted by Crippen LogP contribution is -2.24. The van der Waals surface area contributed by atoms with Gasteiger partial charge in [0.05, 0.1) is 12.1 Å². The number of hydrogen-bond acceptors (Lipinski definition) is 6. The Morgan fingerprint density at radius 1 is 1.17 bits per heavy atom. The van der Waals surface area contributed by atoms with E-state index in [0.717, 1.165) is 22.4 Å². The van der Waals surface area contributed by atoms with Gasteiger partial charge in [0.1, 0.15) is 5.76 Å². The standard InChI is InChI=1S/C16H16N4O3/c1-10-14(11(2)23-19-10)7-15(21)17-8-12-3-5-13(6-4-12)16-18-9-22-20-16/h3-6,9H,7-8H2,1-2H3,(H,17,21). The molecule has 0 bridgehead atoms. The molecule has 118 valence electrons. The molecule has 0 spiro atoms. The summed E-state index contributed by atoms with van der Waals surface area (Å²) in [6.45, 7) is 4.09. The quantitative estimate of drug-likeness (QED) is 0.776. The van der Waals surface area contributed by atoms with Crippen LogP contribution in [-0.2, 0) is 17.8 Å². The number of aromatic nitrogens is 3. The summed E-state index contributed by atoms with van der Waals surface area (Å²) in [7, 11) is 0. The predicted octanol–water partition coefficient (Wildman–Crippen LogP) is 2.20. The molecule has 7 nitrogen and oxygen atoms in total. The van der Waals surface area contributed by atoms with Crippen LogP contribution in [0.3, 0.4) is 0 Å². The van der Waals surface area contributed by atoms with Crippen LogP contribution in [0.1, 0.15) is 22.6 Å². The first-order valence-corrected chi connectivity index (χ1v) is 7.17. The third-order valence-electron chi connectivity index (χ3n) is 3.58. The molecule has 0 radical (unpaired) electrons. The van der Waals surface area contributed by atoms with Gasteiger partial charge >= 0.3 is 0 Å². The van der Waals surface area contributed by atoms with Crippen LogP contribution in [0, 0.1) is 13.8 Å². The van der Waals surface area contributed by atoms with Gasteiger partial charge in [-0.1, -0.05) is 34.6 Å². The van der Waals surface area contributed by atoms with Crippen LogP contribution < -0.4 is 5.32 Å². The van der Waals surface area contributed by atoms with E-state index in [2.05, 4.69) is 20.6 Å². The maximum Gasteiger partial charge on any atom is 0.224 e. The Bertz CT molecular complexity index is 772. The monoisotopic (exact) mass is 312 g/mol. The van der Waals surface area contributed by atoms with Crippen molar-refractivity contribution in [2.45, 2.75) is 26.8 Å². The number of carbonyl (C=O) groups excluding carboxylic acids is 1. The number of nitrogens with one attached hydrogen (secondary N) is 1. The molecule has 0 atom stereocenters. The molecule has 3 rings (SSSR count). The molecule has 0 unspecified atom stereocenters. The first-order chi connectivity index (χ1) is 11.1. The Hall–Kier alpha value is -2.96. The molecule has 1 N–H and O–H groups in total. The van der Waals surface area contributed by atoms with Crippen molar-refractivity contribution in [2.24, 2.45) is 0 Å². The summed E-state index contributed by atoms with van der Waals surface area (Å²) < 4.78 is 9.77. The van der Waals surface area contributed by atoms with Crippen molar-refractivity contribution >= 4 is 5.91 Å². The van der Waals surface area contributed by atoms with Crippen molar-refractivity contribution < 1.29 is 13.8 Å². The van der Waals surface area contributed by atoms with E-state index >= 15 is 0 Å². The molecular formula is C16H16N4O3. The third-order valence-corrected chi connectivity index (χ3v) is 3.58. The first kappa shape index (κ1) is 15.0. The molecule has 2 aromatic heterocycles. The van der Waals surface area contributed by atoms with E-state index in [4.69, 9.17) is 9.05 Å². The van der Waals surface area contributed by atoms with Crippen LogP contribution >= 0.6 is 0 Å². The fourth-order valence-electron chi connectivity index (χ4n) is 2.25. The fraction of sp³-hybridized carbons (Fsp3) is 0.250. The number of hydrogen-bond donors (Lipinski definition) is 1. The van der Waals surface area contributed by atoms with Crippen molar-refractivity contribution in [1.82, 2.24) is 20.6 Å². The number of benzene rings is 1. The zero-order valence-corrected chi connectivity index (χ0v) is 12.9. The fourth-order valence-corrected chi connectivity index (χ4v) is 2.25. The highest BCUT2D eigenvalue weighted by Gasteiger charge is 2.13. The van der Waals surface area contributed by atoms with E-state index in [-0.39, 0.29) is 12.3 Å². The van der Waals surface area contributed by atoms with Crippen molar-refractivity contribution in [3.63, 3.8) is 0 Å². The minimum absolute atomic E-state index is 0.0679. The van der Waals surface area contributed by atoms with Gasteiger partial charge < -0.3 is 14.4 Å². The van der Waals surface area contributed by atoms with Crippen molar-refractivity contribution in [1.29, 1.82) is 0 Å². The van der Waals surface area contributed by atoms with E-state index < -0.39 is 0 Å². The van der Waals surface area contributed by atoms with Gasteiger partial charge in [-0.3, -0.25) is 4.79 Å². The van der Waals surface area contributed by atoms with E-state index in [0.29, 0.717) is 18.1 Å². The number of amides is 1. The van der Waals surface area contributed by atoms with E-state index in [1.165, 1.54) is 6.39 Å². The van der Waals surface area contributed by atoms with E-state index in [9.17, 15) is 4.79 Å². The summed E-state index contributed by atoms with van der Waals surface area (Å²) in [4.78, 5) is 16.0. The molecule has 1 amide bonds. The second kappa shape index (κ2) is 6.43. The second-order valence-electron chi connectivity index (χ2n) is 5.21. The van der Waals surface area contributed by atoms with Crippen molar-refractivity contribution in [2.75, 3.05) is 0 Å². The van der Waals surface area contributed by atoms with Gasteiger partial charge in [0.2, 0.25) is 18.1 Å². The largest absolute Gasteiger partial charge is 0.361 e. The average Bonchev–Trinajstić information content (AvgIpc) is 3.19. The molecule has 7 heteroatoms. The molecule has 23 heavy (non-hydrogen) atoms. The number of rotatable bonds is 5. The van der Waals surface area contributed by atoms with Crippen LogP contribution in [0.4, 0.5) is 0 Å². The maximum atomic E-state index is 12.0. The molecule has 0 aliphatic carbocycles. The van der Waals surface area contributed by atoms with Gasteiger partial charge in [0.25, 0.3) is 0 Å². The normalized spacial score (nSPS) is 10.7. The lowest BCUT2D eigenvalue weighted by Gasteiger charge is -2.06. The lowest BCUT2D eigenvalue weighted by molar-refractivity contribution is -0.120. The van der Waals surface area contributed by atoms with Gasteiger partial charge in [-0.2, -0.15) is 4.98 Å². The van der Waals surface area contributed by atoms with Gasteiger partial charge in [0, 0.05) is 17.7 Å². The minimum Gasteiger partial charge on any atom is -0.361 e. The second-order valence-corrected chi connectivity index (χ2v) is 5.21. The highest BCUT2D eigenvalue weighted by molar-refractivity contribution is 5.79. The van der Waals surface area contributed by atoms with Crippen LogP contribution in [0.5, 0.6) is 0 Å². The molecule has 0 aliphatic heterocycles. The summed E-state index contributed by atoms with van der Waals surface area (Å²) in [5.74, 6) is 1.16. The number of nitrogens with zero attached hydrogens (tertiary/aromatic N) is 3. The Morgan fingerprint density at radius 3 is 2.57 bits per heavy atom. The van der Waals surface area contributed by atoms with Crippen molar-refractivity contribution in [3.8, 4) is 11.4 Å². The summed E-state index contributed by atoms with van der Waals surface area (Å²) >= 11 is 0. The summed E-state index contributed by atoms with van der Waals surface area (Å²) in [6, 6.07) is 7.62. The van der Waals surface area contributed by atoms with Gasteiger partial charge in [-0.15, -0.1) is 0 Å². The van der Waals surface area contributed by atoms with E-state index in [1.807, 2.05) is 31.2 Å². The lowest BCUT2D eigenvalue weighted by atomic mass is 10.1. The molecular weight excluding hydrogens is 296 g/mol. The topological polar surface area (TPSA) is 94.1 Å². The van der Waals surface area contributed by atoms with Crippen LogP contribution in [0.2, 0.25) is 0 Å². The average molecular weight is 312 g/mol. The van der Waals surface area contributed by atoms with Crippen LogP contribution in [-0.4, -0.2) is 21.2 Å². The molecule has 0 saturated heterocycles. The first-order valence-electron chi connectivity index (χ1n) is 7.17. The Kier molecular flexibility index (Phi) is 4.18. The summed E-state index contributed by atoms with van der Waals surface area (Å²) in [5, 5.41) is 10.5. The molecule has 0 aliphatic rings. The van der Waals surface area contributed by atoms with E-state index in [1.54, 1.807) is 6.92 Å². The molecule has 2 heterocycles. The smallest absolute Gasteiger partial charge is 0.224 e.